The van der Waals surface area contributed by atoms with Crippen molar-refractivity contribution < 1.29 is 44.5 Å². The number of esters is 1. The van der Waals surface area contributed by atoms with E-state index in [1.165, 1.54) is 6.08 Å². The zero-order chi connectivity index (χ0) is 27.2. The highest BCUT2D eigenvalue weighted by atomic mass is 16.7. The highest BCUT2D eigenvalue weighted by Crippen LogP contribution is 2.70. The number of cyclic esters (lactones) is 1. The average molecular weight is 537 g/mol. The maximum atomic E-state index is 12.4. The molecule has 0 aromatic heterocycles. The summed E-state index contributed by atoms with van der Waals surface area (Å²) >= 11 is 0. The SMILES string of the molecule is C[C@H]1O[C@@H](O[C@@H]2CC[C@]3(C)[C@H](CC[C@H]4[C@H]3C[C@H](O)[C@@]3(C)[C@@H](C5=CC(=O)OC5)[C@H](O)C[C@@]43O)C2)C[C@@H](O)[C@@H]1O. The Bertz CT molecular complexity index is 973. The fraction of sp³-hybridized carbons (Fsp3) is 0.897. The van der Waals surface area contributed by atoms with E-state index in [-0.39, 0.29) is 42.8 Å². The molecule has 6 aliphatic rings. The van der Waals surface area contributed by atoms with Gasteiger partial charge in [0.25, 0.3) is 0 Å². The first-order chi connectivity index (χ1) is 17.9. The smallest absolute Gasteiger partial charge is 0.331 e. The number of rotatable bonds is 3. The van der Waals surface area contributed by atoms with Crippen LogP contribution >= 0.6 is 0 Å². The van der Waals surface area contributed by atoms with E-state index < -0.39 is 59.7 Å². The van der Waals surface area contributed by atoms with Crippen LogP contribution in [0, 0.1) is 34.5 Å². The summed E-state index contributed by atoms with van der Waals surface area (Å²) < 4.78 is 17.3. The molecule has 2 aliphatic heterocycles. The number of carbonyl (C=O) groups is 1. The van der Waals surface area contributed by atoms with Crippen LogP contribution in [0.1, 0.15) is 72.1 Å². The molecule has 14 atom stereocenters. The van der Waals surface area contributed by atoms with Gasteiger partial charge in [-0.05, 0) is 74.2 Å². The summed E-state index contributed by atoms with van der Waals surface area (Å²) in [6, 6.07) is 0. The quantitative estimate of drug-likeness (QED) is 0.267. The van der Waals surface area contributed by atoms with Crippen LogP contribution in [0.4, 0.5) is 0 Å². The molecule has 0 radical (unpaired) electrons. The summed E-state index contributed by atoms with van der Waals surface area (Å²) in [6.07, 6.45) is 2.30. The van der Waals surface area contributed by atoms with Crippen LogP contribution in [0.5, 0.6) is 0 Å². The zero-order valence-electron chi connectivity index (χ0n) is 22.7. The van der Waals surface area contributed by atoms with Gasteiger partial charge in [0, 0.05) is 30.3 Å². The van der Waals surface area contributed by atoms with E-state index >= 15 is 0 Å². The van der Waals surface area contributed by atoms with Gasteiger partial charge in [0.05, 0.1) is 36.1 Å². The van der Waals surface area contributed by atoms with Gasteiger partial charge in [0.2, 0.25) is 0 Å². The Labute approximate surface area is 224 Å². The van der Waals surface area contributed by atoms with E-state index in [0.29, 0.717) is 17.9 Å². The lowest BCUT2D eigenvalue weighted by Gasteiger charge is -2.65. The lowest BCUT2D eigenvalue weighted by molar-refractivity contribution is -0.274. The Morgan fingerprint density at radius 3 is 2.45 bits per heavy atom. The summed E-state index contributed by atoms with van der Waals surface area (Å²) in [5.74, 6) is -0.520. The van der Waals surface area contributed by atoms with Crippen molar-refractivity contribution in [1.82, 2.24) is 0 Å². The number of hydrogen-bond donors (Lipinski definition) is 5. The number of aliphatic hydroxyl groups is 5. The number of aliphatic hydroxyl groups excluding tert-OH is 4. The Hall–Kier alpha value is -1.07. The molecule has 6 rings (SSSR count). The highest BCUT2D eigenvalue weighted by Gasteiger charge is 2.73. The fourth-order valence-corrected chi connectivity index (χ4v) is 9.87. The fourth-order valence-electron chi connectivity index (χ4n) is 9.87. The van der Waals surface area contributed by atoms with Gasteiger partial charge in [0.1, 0.15) is 12.7 Å². The molecule has 4 aliphatic carbocycles. The molecule has 0 aromatic rings. The van der Waals surface area contributed by atoms with Crippen molar-refractivity contribution in [1.29, 1.82) is 0 Å². The third-order valence-corrected chi connectivity index (χ3v) is 12.0. The van der Waals surface area contributed by atoms with Gasteiger partial charge in [-0.3, -0.25) is 0 Å². The van der Waals surface area contributed by atoms with Gasteiger partial charge in [0.15, 0.2) is 6.29 Å². The van der Waals surface area contributed by atoms with Crippen molar-refractivity contribution in [2.75, 3.05) is 6.61 Å². The van der Waals surface area contributed by atoms with E-state index in [2.05, 4.69) is 6.92 Å². The lowest BCUT2D eigenvalue weighted by Crippen LogP contribution is -2.67. The van der Waals surface area contributed by atoms with E-state index in [0.717, 1.165) is 32.1 Å². The zero-order valence-corrected chi connectivity index (χ0v) is 22.7. The predicted molar refractivity (Wildman–Crippen MR) is 134 cm³/mol. The van der Waals surface area contributed by atoms with E-state index in [4.69, 9.17) is 14.2 Å². The maximum Gasteiger partial charge on any atom is 0.331 e. The van der Waals surface area contributed by atoms with Crippen molar-refractivity contribution in [3.05, 3.63) is 11.6 Å². The van der Waals surface area contributed by atoms with Crippen molar-refractivity contribution in [3.8, 4) is 0 Å². The number of hydrogen-bond acceptors (Lipinski definition) is 9. The average Bonchev–Trinajstić information content (AvgIpc) is 3.36. The van der Waals surface area contributed by atoms with Gasteiger partial charge in [-0.1, -0.05) is 13.8 Å². The third kappa shape index (κ3) is 3.80. The van der Waals surface area contributed by atoms with Gasteiger partial charge in [-0.2, -0.15) is 0 Å². The summed E-state index contributed by atoms with van der Waals surface area (Å²) in [5, 5.41) is 55.4. The Morgan fingerprint density at radius 1 is 1.00 bits per heavy atom. The number of ether oxygens (including phenoxy) is 3. The first kappa shape index (κ1) is 27.1. The molecular formula is C29H44O9. The summed E-state index contributed by atoms with van der Waals surface area (Å²) in [7, 11) is 0. The number of fused-ring (bicyclic) bond motifs is 5. The van der Waals surface area contributed by atoms with Gasteiger partial charge >= 0.3 is 5.97 Å². The van der Waals surface area contributed by atoms with Crippen LogP contribution in [0.2, 0.25) is 0 Å². The highest BCUT2D eigenvalue weighted by molar-refractivity contribution is 5.85. The van der Waals surface area contributed by atoms with Crippen molar-refractivity contribution in [2.24, 2.45) is 34.5 Å². The summed E-state index contributed by atoms with van der Waals surface area (Å²) in [4.78, 5) is 11.8. The summed E-state index contributed by atoms with van der Waals surface area (Å²) in [5.41, 5.74) is -1.60. The molecule has 4 saturated carbocycles. The second-order valence-corrected chi connectivity index (χ2v) is 13.6. The standard InChI is InChI=1S/C29H44O9/c1-14-26(34)20(30)11-24(37-14)38-17-6-7-27(2)16(9-17)4-5-18-19(27)10-22(32)28(3)25(15-8-23(33)36-13-15)21(31)12-29(18,28)35/h8,14,16-22,24-26,30-32,34-35H,4-7,9-13H2,1-3H3/t14-,16-,17-,18+,19-,20-,21-,22+,24+,25+,26-,27-,28+,29-/m1/s1. The molecule has 5 N–H and O–H groups in total. The van der Waals surface area contributed by atoms with Crippen LogP contribution in [0.25, 0.3) is 0 Å². The van der Waals surface area contributed by atoms with E-state index in [9.17, 15) is 30.3 Å². The van der Waals surface area contributed by atoms with Crippen molar-refractivity contribution >= 4 is 5.97 Å². The van der Waals surface area contributed by atoms with E-state index in [1.54, 1.807) is 6.92 Å². The topological polar surface area (TPSA) is 146 Å². The normalized spacial score (nSPS) is 56.5. The molecule has 0 unspecified atom stereocenters. The lowest BCUT2D eigenvalue weighted by atomic mass is 9.42. The minimum absolute atomic E-state index is 0.00402. The largest absolute Gasteiger partial charge is 0.458 e. The Morgan fingerprint density at radius 2 is 1.76 bits per heavy atom. The van der Waals surface area contributed by atoms with Crippen LogP contribution in [0.3, 0.4) is 0 Å². The molecule has 9 nitrogen and oxygen atoms in total. The molecule has 214 valence electrons. The molecule has 0 aromatic carbocycles. The second-order valence-electron chi connectivity index (χ2n) is 13.6. The van der Waals surface area contributed by atoms with Crippen molar-refractivity contribution in [2.45, 2.75) is 121 Å². The maximum absolute atomic E-state index is 12.4. The van der Waals surface area contributed by atoms with E-state index in [1.807, 2.05) is 6.92 Å². The Kier molecular flexibility index (Phi) is 6.58. The minimum atomic E-state index is -1.24. The van der Waals surface area contributed by atoms with Crippen LogP contribution in [0.15, 0.2) is 11.6 Å². The predicted octanol–water partition coefficient (Wildman–Crippen LogP) is 1.43. The molecular weight excluding hydrogens is 492 g/mol. The third-order valence-electron chi connectivity index (χ3n) is 12.0. The monoisotopic (exact) mass is 536 g/mol. The van der Waals surface area contributed by atoms with Gasteiger partial charge in [-0.25, -0.2) is 4.79 Å². The number of carbonyl (C=O) groups excluding carboxylic acids is 1. The summed E-state index contributed by atoms with van der Waals surface area (Å²) in [6.45, 7) is 6.05. The molecule has 0 bridgehead atoms. The molecule has 0 amide bonds. The van der Waals surface area contributed by atoms with Crippen molar-refractivity contribution in [3.63, 3.8) is 0 Å². The first-order valence-electron chi connectivity index (χ1n) is 14.5. The van der Waals surface area contributed by atoms with Crippen LogP contribution in [-0.2, 0) is 19.0 Å². The minimum Gasteiger partial charge on any atom is -0.458 e. The Balaban J connectivity index is 1.20. The molecule has 2 heterocycles. The van der Waals surface area contributed by atoms with Gasteiger partial charge < -0.3 is 39.7 Å². The molecule has 1 saturated heterocycles. The van der Waals surface area contributed by atoms with Crippen LogP contribution < -0.4 is 0 Å². The molecule has 5 fully saturated rings. The van der Waals surface area contributed by atoms with Crippen LogP contribution in [-0.4, -0.2) is 86.6 Å². The van der Waals surface area contributed by atoms with Gasteiger partial charge in [-0.15, -0.1) is 0 Å². The molecule has 0 spiro atoms. The first-order valence-corrected chi connectivity index (χ1v) is 14.5. The second kappa shape index (κ2) is 9.23. The molecule has 9 heteroatoms. The molecule has 38 heavy (non-hydrogen) atoms.